The molecule has 0 radical (unpaired) electrons. The van der Waals surface area contributed by atoms with E-state index in [1.807, 2.05) is 32.0 Å². The highest BCUT2D eigenvalue weighted by Crippen LogP contribution is 2.17. The maximum Gasteiger partial charge on any atom is 0.221 e. The summed E-state index contributed by atoms with van der Waals surface area (Å²) in [5, 5.41) is 6.12. The third-order valence-electron chi connectivity index (χ3n) is 5.06. The van der Waals surface area contributed by atoms with Crippen LogP contribution in [0.15, 0.2) is 18.2 Å². The smallest absolute Gasteiger partial charge is 0.221 e. The monoisotopic (exact) mass is 359 g/mol. The van der Waals surface area contributed by atoms with Gasteiger partial charge in [0.25, 0.3) is 0 Å². The molecule has 1 atom stereocenters. The van der Waals surface area contributed by atoms with E-state index in [4.69, 9.17) is 0 Å². The Morgan fingerprint density at radius 3 is 2.38 bits per heavy atom. The van der Waals surface area contributed by atoms with Gasteiger partial charge < -0.3 is 10.6 Å². The first-order chi connectivity index (χ1) is 12.6. The molecule has 1 aliphatic rings. The summed E-state index contributed by atoms with van der Waals surface area (Å²) in [5.41, 5.74) is 1.81. The number of hydrogen-bond acceptors (Lipinski definition) is 3. The molecule has 0 aliphatic heterocycles. The van der Waals surface area contributed by atoms with Crippen molar-refractivity contribution >= 4 is 11.8 Å². The molecule has 1 aliphatic carbocycles. The number of hydrogen-bond donors (Lipinski definition) is 2. The minimum absolute atomic E-state index is 0.00699. The van der Waals surface area contributed by atoms with Gasteiger partial charge in [-0.25, -0.2) is 0 Å². The molecule has 5 nitrogen and oxygen atoms in total. The number of pyridine rings is 1. The van der Waals surface area contributed by atoms with E-state index in [1.165, 1.54) is 32.1 Å². The second-order valence-electron chi connectivity index (χ2n) is 7.34. The molecule has 2 amide bonds. The van der Waals surface area contributed by atoms with Gasteiger partial charge in [-0.1, -0.05) is 45.1 Å². The minimum Gasteiger partial charge on any atom is -0.353 e. The Morgan fingerprint density at radius 1 is 1.08 bits per heavy atom. The van der Waals surface area contributed by atoms with Crippen molar-refractivity contribution in [1.82, 2.24) is 15.6 Å². The second-order valence-corrected chi connectivity index (χ2v) is 7.34. The van der Waals surface area contributed by atoms with Gasteiger partial charge in [0.05, 0.1) is 11.7 Å². The number of rotatable bonds is 7. The van der Waals surface area contributed by atoms with E-state index in [1.54, 1.807) is 0 Å². The summed E-state index contributed by atoms with van der Waals surface area (Å²) in [6.45, 7) is 3.97. The first kappa shape index (κ1) is 20.4. The van der Waals surface area contributed by atoms with Crippen molar-refractivity contribution in [3.05, 3.63) is 29.6 Å². The first-order valence-electron chi connectivity index (χ1n) is 10.1. The van der Waals surface area contributed by atoms with Crippen LogP contribution in [0.4, 0.5) is 0 Å². The van der Waals surface area contributed by atoms with Crippen molar-refractivity contribution in [2.45, 2.75) is 90.1 Å². The predicted octanol–water partition coefficient (Wildman–Crippen LogP) is 3.97. The molecule has 2 rings (SSSR count). The van der Waals surface area contributed by atoms with Crippen LogP contribution in [-0.2, 0) is 9.59 Å². The molecular weight excluding hydrogens is 326 g/mol. The van der Waals surface area contributed by atoms with Crippen molar-refractivity contribution in [3.63, 3.8) is 0 Å². The number of aryl methyl sites for hydroxylation is 1. The van der Waals surface area contributed by atoms with Crippen molar-refractivity contribution in [3.8, 4) is 0 Å². The van der Waals surface area contributed by atoms with E-state index in [0.29, 0.717) is 0 Å². The Kier molecular flexibility index (Phi) is 8.59. The second kappa shape index (κ2) is 10.9. The quantitative estimate of drug-likeness (QED) is 0.774. The van der Waals surface area contributed by atoms with Crippen LogP contribution in [0.1, 0.15) is 88.6 Å². The third kappa shape index (κ3) is 7.14. The van der Waals surface area contributed by atoms with E-state index in [0.717, 1.165) is 30.7 Å². The summed E-state index contributed by atoms with van der Waals surface area (Å²) in [7, 11) is 0. The lowest BCUT2D eigenvalue weighted by Crippen LogP contribution is -2.36. The number of carbonyl (C=O) groups excluding carboxylic acids is 2. The van der Waals surface area contributed by atoms with E-state index in [2.05, 4.69) is 15.6 Å². The average Bonchev–Trinajstić information content (AvgIpc) is 2.60. The Morgan fingerprint density at radius 2 is 1.73 bits per heavy atom. The van der Waals surface area contributed by atoms with E-state index in [9.17, 15) is 9.59 Å². The summed E-state index contributed by atoms with van der Waals surface area (Å²) in [6.07, 6.45) is 9.59. The zero-order chi connectivity index (χ0) is 18.8. The van der Waals surface area contributed by atoms with Crippen molar-refractivity contribution in [1.29, 1.82) is 0 Å². The van der Waals surface area contributed by atoms with Crippen LogP contribution >= 0.6 is 0 Å². The van der Waals surface area contributed by atoms with E-state index < -0.39 is 0 Å². The van der Waals surface area contributed by atoms with Gasteiger partial charge in [-0.15, -0.1) is 0 Å². The number of amides is 2. The fourth-order valence-electron chi connectivity index (χ4n) is 3.54. The fourth-order valence-corrected chi connectivity index (χ4v) is 3.54. The maximum absolute atomic E-state index is 12.2. The Bertz CT molecular complexity index is 580. The number of nitrogens with zero attached hydrogens (tertiary/aromatic N) is 1. The van der Waals surface area contributed by atoms with Crippen LogP contribution in [0.2, 0.25) is 0 Å². The van der Waals surface area contributed by atoms with Gasteiger partial charge in [-0.3, -0.25) is 14.6 Å². The van der Waals surface area contributed by atoms with E-state index in [-0.39, 0.29) is 36.7 Å². The maximum atomic E-state index is 12.2. The molecule has 1 aromatic rings. The minimum atomic E-state index is -0.101. The summed E-state index contributed by atoms with van der Waals surface area (Å²) < 4.78 is 0. The normalized spacial score (nSPS) is 17.0. The van der Waals surface area contributed by atoms with Crippen molar-refractivity contribution < 1.29 is 9.59 Å². The molecule has 26 heavy (non-hydrogen) atoms. The standard InChI is InChI=1S/C21H33N3O2/c1-3-18(19-13-9-10-16(2)22-19)24-21(26)15-14-20(25)23-17-11-7-5-4-6-8-12-17/h9-10,13,17-18H,3-8,11-12,14-15H2,1-2H3,(H,23,25)(H,24,26)/t18-/m0/s1. The summed E-state index contributed by atoms with van der Waals surface area (Å²) in [5.74, 6) is -0.0968. The topological polar surface area (TPSA) is 71.1 Å². The lowest BCUT2D eigenvalue weighted by molar-refractivity contribution is -0.127. The molecule has 5 heteroatoms. The molecule has 0 saturated heterocycles. The van der Waals surface area contributed by atoms with Crippen LogP contribution in [0.5, 0.6) is 0 Å². The lowest BCUT2D eigenvalue weighted by Gasteiger charge is -2.21. The molecule has 1 aromatic heterocycles. The Labute approximate surface area is 157 Å². The van der Waals surface area contributed by atoms with Crippen LogP contribution in [0.25, 0.3) is 0 Å². The highest BCUT2D eigenvalue weighted by atomic mass is 16.2. The van der Waals surface area contributed by atoms with Crippen LogP contribution in [-0.4, -0.2) is 22.8 Å². The van der Waals surface area contributed by atoms with Gasteiger partial charge in [0, 0.05) is 24.6 Å². The zero-order valence-corrected chi connectivity index (χ0v) is 16.2. The summed E-state index contributed by atoms with van der Waals surface area (Å²) in [6, 6.07) is 6.01. The highest BCUT2D eigenvalue weighted by Gasteiger charge is 2.17. The number of carbonyl (C=O) groups is 2. The van der Waals surface area contributed by atoms with Gasteiger partial charge >= 0.3 is 0 Å². The van der Waals surface area contributed by atoms with Gasteiger partial charge in [-0.2, -0.15) is 0 Å². The molecule has 1 fully saturated rings. The average molecular weight is 360 g/mol. The molecular formula is C21H33N3O2. The van der Waals surface area contributed by atoms with Gasteiger partial charge in [-0.05, 0) is 38.3 Å². The first-order valence-corrected chi connectivity index (χ1v) is 10.1. The molecule has 1 saturated carbocycles. The fraction of sp³-hybridized carbons (Fsp3) is 0.667. The Hall–Kier alpha value is -1.91. The van der Waals surface area contributed by atoms with Gasteiger partial charge in [0.1, 0.15) is 0 Å². The molecule has 2 N–H and O–H groups in total. The predicted molar refractivity (Wildman–Crippen MR) is 104 cm³/mol. The van der Waals surface area contributed by atoms with E-state index >= 15 is 0 Å². The molecule has 0 aromatic carbocycles. The largest absolute Gasteiger partial charge is 0.353 e. The van der Waals surface area contributed by atoms with Crippen LogP contribution in [0.3, 0.4) is 0 Å². The van der Waals surface area contributed by atoms with Gasteiger partial charge in [0.15, 0.2) is 0 Å². The molecule has 0 unspecified atom stereocenters. The SMILES string of the molecule is CC[C@H](NC(=O)CCC(=O)NC1CCCCCCC1)c1cccc(C)n1. The third-order valence-corrected chi connectivity index (χ3v) is 5.06. The summed E-state index contributed by atoms with van der Waals surface area (Å²) >= 11 is 0. The molecule has 0 spiro atoms. The molecule has 144 valence electrons. The number of nitrogens with one attached hydrogen (secondary N) is 2. The van der Waals surface area contributed by atoms with Crippen LogP contribution < -0.4 is 10.6 Å². The molecule has 0 bridgehead atoms. The van der Waals surface area contributed by atoms with Crippen LogP contribution in [0, 0.1) is 6.92 Å². The highest BCUT2D eigenvalue weighted by molar-refractivity contribution is 5.84. The Balaban J connectivity index is 1.75. The zero-order valence-electron chi connectivity index (χ0n) is 16.2. The van der Waals surface area contributed by atoms with Crippen molar-refractivity contribution in [2.24, 2.45) is 0 Å². The van der Waals surface area contributed by atoms with Crippen molar-refractivity contribution in [2.75, 3.05) is 0 Å². The lowest BCUT2D eigenvalue weighted by atomic mass is 9.96. The summed E-state index contributed by atoms with van der Waals surface area (Å²) in [4.78, 5) is 28.9. The number of aromatic nitrogens is 1. The van der Waals surface area contributed by atoms with Gasteiger partial charge in [0.2, 0.25) is 11.8 Å². The molecule has 1 heterocycles.